The largest absolute Gasteiger partial charge is 0.351 e. The maximum Gasteiger partial charge on any atom is 0.0439 e. The number of hydrogen-bond acceptors (Lipinski definition) is 0. The van der Waals surface area contributed by atoms with Gasteiger partial charge in [0.05, 0.1) is 0 Å². The SMILES string of the molecule is CCCc1cn(C)c2c1=C(C)CCC=2. The Morgan fingerprint density at radius 2 is 2.21 bits per heavy atom. The van der Waals surface area contributed by atoms with Crippen molar-refractivity contribution in [3.63, 3.8) is 0 Å². The molecule has 0 N–H and O–H groups in total. The first kappa shape index (κ1) is 9.57. The fraction of sp³-hybridized carbons (Fsp3) is 0.538. The molecule has 1 heterocycles. The third-order valence-electron chi connectivity index (χ3n) is 3.11. The molecule has 0 amide bonds. The zero-order valence-electron chi connectivity index (χ0n) is 9.43. The molecule has 76 valence electrons. The third-order valence-corrected chi connectivity index (χ3v) is 3.11. The second kappa shape index (κ2) is 3.64. The molecule has 0 radical (unpaired) electrons. The van der Waals surface area contributed by atoms with Gasteiger partial charge in [0, 0.05) is 23.8 Å². The topological polar surface area (TPSA) is 4.93 Å². The number of hydrogen-bond donors (Lipinski definition) is 0. The summed E-state index contributed by atoms with van der Waals surface area (Å²) in [5, 5.41) is 2.98. The summed E-state index contributed by atoms with van der Waals surface area (Å²) < 4.78 is 2.28. The number of nitrogens with zero attached hydrogens (tertiary/aromatic N) is 1. The first-order valence-electron chi connectivity index (χ1n) is 5.58. The van der Waals surface area contributed by atoms with E-state index in [-0.39, 0.29) is 0 Å². The number of aryl methyl sites for hydroxylation is 2. The molecule has 0 bridgehead atoms. The van der Waals surface area contributed by atoms with Crippen LogP contribution < -0.4 is 10.6 Å². The maximum absolute atomic E-state index is 2.38. The van der Waals surface area contributed by atoms with Gasteiger partial charge in [-0.05, 0) is 31.7 Å². The van der Waals surface area contributed by atoms with Crippen LogP contribution in [0.15, 0.2) is 6.20 Å². The Hall–Kier alpha value is -0.980. The molecule has 0 atom stereocenters. The van der Waals surface area contributed by atoms with Crippen LogP contribution >= 0.6 is 0 Å². The fourth-order valence-electron chi connectivity index (χ4n) is 2.46. The summed E-state index contributed by atoms with van der Waals surface area (Å²) in [6.07, 6.45) is 9.59. The lowest BCUT2D eigenvalue weighted by Gasteiger charge is -2.04. The summed E-state index contributed by atoms with van der Waals surface area (Å²) >= 11 is 0. The summed E-state index contributed by atoms with van der Waals surface area (Å²) in [5.74, 6) is 0. The minimum Gasteiger partial charge on any atom is -0.351 e. The van der Waals surface area contributed by atoms with Crippen molar-refractivity contribution in [2.24, 2.45) is 7.05 Å². The van der Waals surface area contributed by atoms with E-state index >= 15 is 0 Å². The second-order valence-electron chi connectivity index (χ2n) is 4.30. The van der Waals surface area contributed by atoms with Gasteiger partial charge in [-0.2, -0.15) is 0 Å². The van der Waals surface area contributed by atoms with Crippen LogP contribution in [0, 0.1) is 0 Å². The summed E-state index contributed by atoms with van der Waals surface area (Å²) in [4.78, 5) is 0. The molecule has 1 aromatic rings. The Bertz CT molecular complexity index is 448. The molecule has 0 saturated heterocycles. The van der Waals surface area contributed by atoms with Crippen molar-refractivity contribution < 1.29 is 0 Å². The van der Waals surface area contributed by atoms with Crippen LogP contribution in [0.2, 0.25) is 0 Å². The van der Waals surface area contributed by atoms with Gasteiger partial charge in [-0.3, -0.25) is 0 Å². The Morgan fingerprint density at radius 1 is 1.43 bits per heavy atom. The highest BCUT2D eigenvalue weighted by Crippen LogP contribution is 2.08. The predicted octanol–water partition coefficient (Wildman–Crippen LogP) is 1.72. The highest BCUT2D eigenvalue weighted by Gasteiger charge is 2.07. The Kier molecular flexibility index (Phi) is 2.49. The number of fused-ring (bicyclic) bond motifs is 1. The first-order chi connectivity index (χ1) is 6.74. The smallest absolute Gasteiger partial charge is 0.0439 e. The molecular formula is C13H19N. The van der Waals surface area contributed by atoms with E-state index in [2.05, 4.69) is 37.7 Å². The molecule has 1 aromatic heterocycles. The van der Waals surface area contributed by atoms with Gasteiger partial charge in [0.2, 0.25) is 0 Å². The molecule has 1 heteroatoms. The highest BCUT2D eigenvalue weighted by molar-refractivity contribution is 5.50. The van der Waals surface area contributed by atoms with Crippen LogP contribution in [0.5, 0.6) is 0 Å². The lowest BCUT2D eigenvalue weighted by molar-refractivity contribution is 0.866. The standard InChI is InChI=1S/C13H19N/c1-4-6-11-9-14(3)12-8-5-7-10(2)13(11)12/h8-9H,4-7H2,1-3H3. The Morgan fingerprint density at radius 3 is 2.93 bits per heavy atom. The van der Waals surface area contributed by atoms with Gasteiger partial charge in [-0.25, -0.2) is 0 Å². The molecule has 0 aliphatic heterocycles. The average Bonchev–Trinajstić information content (AvgIpc) is 2.46. The molecule has 0 fully saturated rings. The average molecular weight is 189 g/mol. The first-order valence-corrected chi connectivity index (χ1v) is 5.58. The van der Waals surface area contributed by atoms with Gasteiger partial charge >= 0.3 is 0 Å². The van der Waals surface area contributed by atoms with Crippen molar-refractivity contribution in [3.05, 3.63) is 22.3 Å². The van der Waals surface area contributed by atoms with Gasteiger partial charge in [0.1, 0.15) is 0 Å². The molecule has 14 heavy (non-hydrogen) atoms. The molecule has 0 aromatic carbocycles. The predicted molar refractivity (Wildman–Crippen MR) is 61.4 cm³/mol. The van der Waals surface area contributed by atoms with Gasteiger partial charge < -0.3 is 4.57 Å². The molecule has 0 saturated carbocycles. The normalized spacial score (nSPS) is 15.2. The lowest BCUT2D eigenvalue weighted by atomic mass is 10.0. The molecule has 1 nitrogen and oxygen atoms in total. The van der Waals surface area contributed by atoms with Crippen LogP contribution in [0.4, 0.5) is 0 Å². The third kappa shape index (κ3) is 1.41. The number of aromatic nitrogens is 1. The van der Waals surface area contributed by atoms with E-state index in [9.17, 15) is 0 Å². The van der Waals surface area contributed by atoms with E-state index in [1.165, 1.54) is 31.0 Å². The summed E-state index contributed by atoms with van der Waals surface area (Å²) in [6.45, 7) is 4.53. The molecular weight excluding hydrogens is 170 g/mol. The summed E-state index contributed by atoms with van der Waals surface area (Å²) in [7, 11) is 2.16. The summed E-state index contributed by atoms with van der Waals surface area (Å²) in [6, 6.07) is 0. The second-order valence-corrected chi connectivity index (χ2v) is 4.30. The van der Waals surface area contributed by atoms with Crippen molar-refractivity contribution in [1.82, 2.24) is 4.57 Å². The van der Waals surface area contributed by atoms with E-state index in [0.29, 0.717) is 0 Å². The van der Waals surface area contributed by atoms with Gasteiger partial charge in [0.15, 0.2) is 0 Å². The van der Waals surface area contributed by atoms with Gasteiger partial charge in [-0.15, -0.1) is 0 Å². The van der Waals surface area contributed by atoms with Gasteiger partial charge in [0.25, 0.3) is 0 Å². The molecule has 0 unspecified atom stereocenters. The zero-order valence-corrected chi connectivity index (χ0v) is 9.43. The van der Waals surface area contributed by atoms with Crippen LogP contribution in [-0.4, -0.2) is 4.57 Å². The van der Waals surface area contributed by atoms with E-state index < -0.39 is 0 Å². The maximum atomic E-state index is 2.38. The van der Waals surface area contributed by atoms with E-state index in [1.54, 1.807) is 16.4 Å². The quantitative estimate of drug-likeness (QED) is 0.667. The van der Waals surface area contributed by atoms with Crippen molar-refractivity contribution in [2.75, 3.05) is 0 Å². The fourth-order valence-corrected chi connectivity index (χ4v) is 2.46. The van der Waals surface area contributed by atoms with E-state index in [0.717, 1.165) is 0 Å². The number of rotatable bonds is 2. The van der Waals surface area contributed by atoms with Crippen LogP contribution in [0.25, 0.3) is 11.6 Å². The molecule has 2 rings (SSSR count). The molecule has 1 aliphatic carbocycles. The van der Waals surface area contributed by atoms with Crippen molar-refractivity contribution in [1.29, 1.82) is 0 Å². The van der Waals surface area contributed by atoms with Crippen molar-refractivity contribution in [3.8, 4) is 0 Å². The molecule has 1 aliphatic rings. The zero-order chi connectivity index (χ0) is 10.1. The minimum absolute atomic E-state index is 1.21. The minimum atomic E-state index is 1.21. The Balaban J connectivity index is 2.72. The highest BCUT2D eigenvalue weighted by atomic mass is 14.9. The molecule has 0 spiro atoms. The van der Waals surface area contributed by atoms with Crippen LogP contribution in [0.1, 0.15) is 38.7 Å². The van der Waals surface area contributed by atoms with E-state index in [4.69, 9.17) is 0 Å². The van der Waals surface area contributed by atoms with Crippen molar-refractivity contribution in [2.45, 2.75) is 39.5 Å². The Labute approximate surface area is 85.7 Å². The van der Waals surface area contributed by atoms with Crippen LogP contribution in [-0.2, 0) is 13.5 Å². The van der Waals surface area contributed by atoms with E-state index in [1.807, 2.05) is 0 Å². The van der Waals surface area contributed by atoms with Gasteiger partial charge in [-0.1, -0.05) is 25.0 Å². The van der Waals surface area contributed by atoms with Crippen molar-refractivity contribution >= 4 is 11.6 Å². The summed E-state index contributed by atoms with van der Waals surface area (Å²) in [5.41, 5.74) is 3.12. The lowest BCUT2D eigenvalue weighted by Crippen LogP contribution is -2.32. The van der Waals surface area contributed by atoms with Crippen LogP contribution in [0.3, 0.4) is 0 Å². The monoisotopic (exact) mass is 189 g/mol.